The first-order valence-electron chi connectivity index (χ1n) is 9.81. The second-order valence-electron chi connectivity index (χ2n) is 6.75. The van der Waals surface area contributed by atoms with Crippen LogP contribution in [-0.4, -0.2) is 71.8 Å². The normalized spacial score (nSPS) is 13.9. The second kappa shape index (κ2) is 9.56. The largest absolute Gasteiger partial charge is 0.335 e. The fourth-order valence-electron chi connectivity index (χ4n) is 3.31. The minimum Gasteiger partial charge on any atom is -0.335 e. The van der Waals surface area contributed by atoms with E-state index in [1.807, 2.05) is 25.3 Å². The van der Waals surface area contributed by atoms with Gasteiger partial charge in [0.05, 0.1) is 4.88 Å². The highest BCUT2D eigenvalue weighted by Crippen LogP contribution is 2.17. The molecule has 1 saturated heterocycles. The number of nitrogens with zero attached hydrogens (tertiary/aromatic N) is 3. The lowest BCUT2D eigenvalue weighted by molar-refractivity contribution is 0.0641. The smallest absolute Gasteiger partial charge is 0.320 e. The zero-order valence-corrected chi connectivity index (χ0v) is 17.6. The first-order valence-corrected chi connectivity index (χ1v) is 10.7. The van der Waals surface area contributed by atoms with Gasteiger partial charge in [-0.25, -0.2) is 4.79 Å². The summed E-state index contributed by atoms with van der Waals surface area (Å²) in [5, 5.41) is 4.68. The number of nitrogens with one attached hydrogen (secondary N) is 1. The van der Waals surface area contributed by atoms with Gasteiger partial charge in [0.25, 0.3) is 11.8 Å². The maximum atomic E-state index is 12.9. The maximum Gasteiger partial charge on any atom is 0.320 e. The minimum atomic E-state index is -0.187. The summed E-state index contributed by atoms with van der Waals surface area (Å²) in [5.41, 5.74) is 1.11. The van der Waals surface area contributed by atoms with Crippen LogP contribution in [0.25, 0.3) is 0 Å². The number of anilines is 1. The lowest BCUT2D eigenvalue weighted by Crippen LogP contribution is -2.54. The Hall–Kier alpha value is -2.87. The highest BCUT2D eigenvalue weighted by molar-refractivity contribution is 7.12. The van der Waals surface area contributed by atoms with Crippen molar-refractivity contribution in [1.82, 2.24) is 14.7 Å². The third-order valence-electron chi connectivity index (χ3n) is 4.98. The quantitative estimate of drug-likeness (QED) is 0.816. The van der Waals surface area contributed by atoms with E-state index in [-0.39, 0.29) is 17.8 Å². The van der Waals surface area contributed by atoms with E-state index in [1.54, 1.807) is 45.0 Å². The van der Waals surface area contributed by atoms with Crippen LogP contribution in [0.1, 0.15) is 33.9 Å². The van der Waals surface area contributed by atoms with Crippen molar-refractivity contribution in [1.29, 1.82) is 0 Å². The van der Waals surface area contributed by atoms with E-state index in [9.17, 15) is 14.4 Å². The van der Waals surface area contributed by atoms with Crippen LogP contribution in [-0.2, 0) is 0 Å². The van der Waals surface area contributed by atoms with Crippen LogP contribution in [0.2, 0.25) is 0 Å². The summed E-state index contributed by atoms with van der Waals surface area (Å²) < 4.78 is 0. The van der Waals surface area contributed by atoms with Gasteiger partial charge in [0.15, 0.2) is 0 Å². The molecular formula is C21H26N4O3S. The van der Waals surface area contributed by atoms with Crippen molar-refractivity contribution < 1.29 is 14.4 Å². The van der Waals surface area contributed by atoms with Crippen molar-refractivity contribution in [2.24, 2.45) is 0 Å². The van der Waals surface area contributed by atoms with Crippen LogP contribution in [0.3, 0.4) is 0 Å². The number of carbonyl (C=O) groups excluding carboxylic acids is 3. The number of rotatable bonds is 5. The Balaban J connectivity index is 1.60. The standard InChI is InChI=1S/C21H26N4O3S/c1-3-23(4-2)21(28)25-12-10-24(11-13-25)20(27)16-7-5-8-17(15-16)22-19(26)18-9-6-14-29-18/h5-9,14-15H,3-4,10-13H2,1-2H3,(H,22,26). The van der Waals surface area contributed by atoms with Crippen molar-refractivity contribution in [3.8, 4) is 0 Å². The van der Waals surface area contributed by atoms with E-state index in [4.69, 9.17) is 0 Å². The van der Waals surface area contributed by atoms with Gasteiger partial charge in [-0.2, -0.15) is 0 Å². The lowest BCUT2D eigenvalue weighted by Gasteiger charge is -2.37. The molecule has 0 radical (unpaired) electrons. The summed E-state index contributed by atoms with van der Waals surface area (Å²) in [6, 6.07) is 10.6. The Morgan fingerprint density at radius 2 is 1.69 bits per heavy atom. The average Bonchev–Trinajstić information content (AvgIpc) is 3.29. The molecular weight excluding hydrogens is 388 g/mol. The summed E-state index contributed by atoms with van der Waals surface area (Å²) in [7, 11) is 0. The van der Waals surface area contributed by atoms with Crippen molar-refractivity contribution in [3.63, 3.8) is 0 Å². The number of thiophene rings is 1. The highest BCUT2D eigenvalue weighted by atomic mass is 32.1. The summed E-state index contributed by atoms with van der Waals surface area (Å²) in [5.74, 6) is -0.278. The Labute approximate surface area is 174 Å². The van der Waals surface area contributed by atoms with Gasteiger partial charge in [-0.15, -0.1) is 11.3 Å². The number of hydrogen-bond donors (Lipinski definition) is 1. The van der Waals surface area contributed by atoms with Gasteiger partial charge in [0.1, 0.15) is 0 Å². The van der Waals surface area contributed by atoms with Crippen molar-refractivity contribution in [2.75, 3.05) is 44.6 Å². The fourth-order valence-corrected chi connectivity index (χ4v) is 3.93. The van der Waals surface area contributed by atoms with Crippen LogP contribution in [0, 0.1) is 0 Å². The molecule has 1 N–H and O–H groups in total. The first-order chi connectivity index (χ1) is 14.0. The maximum absolute atomic E-state index is 12.9. The Morgan fingerprint density at radius 3 is 2.31 bits per heavy atom. The molecule has 8 heteroatoms. The third-order valence-corrected chi connectivity index (χ3v) is 5.85. The molecule has 0 atom stereocenters. The number of piperazine rings is 1. The fraction of sp³-hybridized carbons (Fsp3) is 0.381. The SMILES string of the molecule is CCN(CC)C(=O)N1CCN(C(=O)c2cccc(NC(=O)c3cccs3)c2)CC1. The molecule has 2 heterocycles. The lowest BCUT2D eigenvalue weighted by atomic mass is 10.1. The van der Waals surface area contributed by atoms with Crippen molar-refractivity contribution in [3.05, 3.63) is 52.2 Å². The zero-order chi connectivity index (χ0) is 20.8. The van der Waals surface area contributed by atoms with Gasteiger partial charge in [0.2, 0.25) is 0 Å². The molecule has 1 aliphatic heterocycles. The van der Waals surface area contributed by atoms with Crippen LogP contribution >= 0.6 is 11.3 Å². The number of urea groups is 1. The number of carbonyl (C=O) groups is 3. The average molecular weight is 415 g/mol. The summed E-state index contributed by atoms with van der Waals surface area (Å²) in [4.78, 5) is 43.5. The molecule has 3 rings (SSSR count). The van der Waals surface area contributed by atoms with Crippen LogP contribution in [0.5, 0.6) is 0 Å². The van der Waals surface area contributed by atoms with Crippen LogP contribution in [0.15, 0.2) is 41.8 Å². The summed E-state index contributed by atoms with van der Waals surface area (Å²) in [6.07, 6.45) is 0. The number of benzene rings is 1. The monoisotopic (exact) mass is 414 g/mol. The van der Waals surface area contributed by atoms with Gasteiger partial charge in [-0.1, -0.05) is 12.1 Å². The molecule has 0 bridgehead atoms. The molecule has 0 aliphatic carbocycles. The predicted molar refractivity (Wildman–Crippen MR) is 115 cm³/mol. The molecule has 2 aromatic rings. The highest BCUT2D eigenvalue weighted by Gasteiger charge is 2.26. The molecule has 4 amide bonds. The van der Waals surface area contributed by atoms with Gasteiger partial charge >= 0.3 is 6.03 Å². The van der Waals surface area contributed by atoms with Crippen LogP contribution < -0.4 is 5.32 Å². The second-order valence-corrected chi connectivity index (χ2v) is 7.69. The van der Waals surface area contributed by atoms with Gasteiger partial charge in [-0.3, -0.25) is 9.59 Å². The molecule has 0 saturated carbocycles. The van der Waals surface area contributed by atoms with Crippen molar-refractivity contribution in [2.45, 2.75) is 13.8 Å². The van der Waals surface area contributed by atoms with E-state index in [0.29, 0.717) is 55.4 Å². The third kappa shape index (κ3) is 4.95. The van der Waals surface area contributed by atoms with Crippen molar-refractivity contribution >= 4 is 34.9 Å². The van der Waals surface area contributed by atoms with Gasteiger partial charge in [-0.05, 0) is 43.5 Å². The number of hydrogen-bond acceptors (Lipinski definition) is 4. The van der Waals surface area contributed by atoms with E-state index in [2.05, 4.69) is 5.32 Å². The molecule has 1 aliphatic rings. The van der Waals surface area contributed by atoms with E-state index in [1.165, 1.54) is 11.3 Å². The minimum absolute atomic E-state index is 0.0281. The molecule has 0 spiro atoms. The predicted octanol–water partition coefficient (Wildman–Crippen LogP) is 3.22. The van der Waals surface area contributed by atoms with E-state index >= 15 is 0 Å². The zero-order valence-electron chi connectivity index (χ0n) is 16.8. The molecule has 1 aromatic carbocycles. The topological polar surface area (TPSA) is 73.0 Å². The Kier molecular flexibility index (Phi) is 6.87. The number of amides is 4. The molecule has 29 heavy (non-hydrogen) atoms. The van der Waals surface area contributed by atoms with E-state index in [0.717, 1.165) is 0 Å². The van der Waals surface area contributed by atoms with Gasteiger partial charge < -0.3 is 20.0 Å². The molecule has 7 nitrogen and oxygen atoms in total. The summed E-state index contributed by atoms with van der Waals surface area (Å²) in [6.45, 7) is 7.33. The van der Waals surface area contributed by atoms with E-state index < -0.39 is 0 Å². The Bertz CT molecular complexity index is 857. The van der Waals surface area contributed by atoms with Gasteiger partial charge in [0, 0.05) is 50.5 Å². The molecule has 154 valence electrons. The summed E-state index contributed by atoms with van der Waals surface area (Å²) >= 11 is 1.37. The Morgan fingerprint density at radius 1 is 1.00 bits per heavy atom. The molecule has 0 unspecified atom stereocenters. The first kappa shape index (κ1) is 20.9. The molecule has 1 fully saturated rings. The molecule has 1 aromatic heterocycles. The van der Waals surface area contributed by atoms with Crippen LogP contribution in [0.4, 0.5) is 10.5 Å².